The third-order valence-electron chi connectivity index (χ3n) is 14.2. The molecule has 5 aromatic rings. The van der Waals surface area contributed by atoms with E-state index in [-0.39, 0.29) is 42.3 Å². The van der Waals surface area contributed by atoms with Gasteiger partial charge in [0.15, 0.2) is 0 Å². The minimum absolute atomic E-state index is 0.129. The fourth-order valence-corrected chi connectivity index (χ4v) is 10.3. The Morgan fingerprint density at radius 3 is 1.49 bits per heavy atom. The van der Waals surface area contributed by atoms with Gasteiger partial charge in [-0.15, -0.1) is 0 Å². The van der Waals surface area contributed by atoms with E-state index in [0.717, 1.165) is 79.3 Å². The molecular weight excluding hydrogens is 1050 g/mol. The summed E-state index contributed by atoms with van der Waals surface area (Å²) in [4.78, 5) is 80.3. The number of nitrogens with zero attached hydrogens (tertiary/aromatic N) is 3. The number of hydrogen-bond donors (Lipinski definition) is 0. The first kappa shape index (κ1) is 60.8. The van der Waals surface area contributed by atoms with Crippen LogP contribution in [-0.4, -0.2) is 87.1 Å². The van der Waals surface area contributed by atoms with Crippen molar-refractivity contribution < 1.29 is 66.7 Å². The van der Waals surface area contributed by atoms with Gasteiger partial charge in [0.1, 0.15) is 28.7 Å². The van der Waals surface area contributed by atoms with E-state index in [4.69, 9.17) is 42.9 Å². The molecule has 0 atom stereocenters. The Kier molecular flexibility index (Phi) is 24.3. The first-order chi connectivity index (χ1) is 39.4. The summed E-state index contributed by atoms with van der Waals surface area (Å²) in [6.07, 6.45) is 15.2. The molecule has 2 saturated carbocycles. The summed E-state index contributed by atoms with van der Waals surface area (Å²) >= 11 is 1.50. The van der Waals surface area contributed by atoms with Crippen molar-refractivity contribution in [3.05, 3.63) is 127 Å². The summed E-state index contributed by atoms with van der Waals surface area (Å²) < 4.78 is 45.9. The van der Waals surface area contributed by atoms with Gasteiger partial charge in [0.25, 0.3) is 0 Å². The van der Waals surface area contributed by atoms with Crippen molar-refractivity contribution in [2.75, 3.05) is 45.1 Å². The number of unbranched alkanes of at least 4 members (excludes halogenated alkanes) is 6. The summed E-state index contributed by atoms with van der Waals surface area (Å²) in [5.74, 6) is -1.11. The monoisotopic (exact) mass is 1130 g/mol. The van der Waals surface area contributed by atoms with Gasteiger partial charge in [-0.2, -0.15) is 5.10 Å². The molecule has 0 unspecified atom stereocenters. The van der Waals surface area contributed by atoms with Gasteiger partial charge in [0.05, 0.1) is 73.1 Å². The van der Waals surface area contributed by atoms with Crippen molar-refractivity contribution in [2.24, 2.45) is 28.8 Å². The van der Waals surface area contributed by atoms with Crippen LogP contribution in [0.2, 0.25) is 0 Å². The minimum atomic E-state index is -0.420. The molecule has 0 aliphatic heterocycles. The molecule has 4 aromatic carbocycles. The zero-order chi connectivity index (χ0) is 57.2. The standard InChI is InChI=1S/C63H73N3O14S/c1-4-57(67)75-39-14-8-6-12-37-73-50-27-31-52(32-28-50)78-60(70)46-21-19-45(20-22-46)59(69)77-41-36-44-18-35-55(49(42-44)43-64-66(3)63-65-54-16-10-11-17-56(54)81-63)80-62(72)48-25-23-47(24-26-48)61(71)79-53-33-29-51(30-34-53)74-38-13-7-9-15-40-76-58(68)5-2/h4-5,10-11,16-18,27-35,42-43,45-48H,1-2,6-9,12-15,19-26,36-41H2,3H3/b64-43+. The van der Waals surface area contributed by atoms with Crippen LogP contribution in [0.15, 0.2) is 121 Å². The molecule has 18 heteroatoms. The van der Waals surface area contributed by atoms with Crippen LogP contribution in [0.25, 0.3) is 10.2 Å². The Balaban J connectivity index is 0.838. The molecule has 0 bridgehead atoms. The lowest BCUT2D eigenvalue weighted by Crippen LogP contribution is -2.30. The largest absolute Gasteiger partial charge is 0.494 e. The number of benzene rings is 4. The van der Waals surface area contributed by atoms with Gasteiger partial charge in [-0.3, -0.25) is 19.2 Å². The Labute approximate surface area is 477 Å². The number of hydrogen-bond acceptors (Lipinski definition) is 18. The molecule has 7 rings (SSSR count). The van der Waals surface area contributed by atoms with E-state index in [0.29, 0.717) is 124 Å². The van der Waals surface area contributed by atoms with E-state index in [9.17, 15) is 28.8 Å². The average Bonchev–Trinajstić information content (AvgIpc) is 3.94. The average molecular weight is 1130 g/mol. The first-order valence-corrected chi connectivity index (χ1v) is 28.9. The van der Waals surface area contributed by atoms with Crippen LogP contribution < -0.4 is 28.7 Å². The molecule has 2 aliphatic rings. The molecule has 430 valence electrons. The van der Waals surface area contributed by atoms with E-state index in [1.54, 1.807) is 72.9 Å². The number of rotatable bonds is 31. The zero-order valence-corrected chi connectivity index (χ0v) is 47.0. The number of carbonyl (C=O) groups is 6. The van der Waals surface area contributed by atoms with Crippen molar-refractivity contribution in [1.29, 1.82) is 0 Å². The molecule has 81 heavy (non-hydrogen) atoms. The van der Waals surface area contributed by atoms with E-state index < -0.39 is 23.8 Å². The molecule has 0 amide bonds. The summed E-state index contributed by atoms with van der Waals surface area (Å²) in [7, 11) is 1.80. The molecule has 0 radical (unpaired) electrons. The van der Waals surface area contributed by atoms with Gasteiger partial charge in [-0.1, -0.05) is 42.7 Å². The molecule has 0 spiro atoms. The highest BCUT2D eigenvalue weighted by molar-refractivity contribution is 7.22. The summed E-state index contributed by atoms with van der Waals surface area (Å²) in [6, 6.07) is 27.2. The second-order valence-corrected chi connectivity index (χ2v) is 21.1. The zero-order valence-electron chi connectivity index (χ0n) is 46.1. The van der Waals surface area contributed by atoms with Crippen LogP contribution in [-0.2, 0) is 49.4 Å². The van der Waals surface area contributed by atoms with Crippen LogP contribution in [0.5, 0.6) is 28.7 Å². The van der Waals surface area contributed by atoms with Crippen molar-refractivity contribution >= 4 is 68.7 Å². The Morgan fingerprint density at radius 1 is 0.543 bits per heavy atom. The van der Waals surface area contributed by atoms with E-state index >= 15 is 0 Å². The third kappa shape index (κ3) is 20.0. The number of hydrazone groups is 1. The Hall–Kier alpha value is -7.86. The maximum absolute atomic E-state index is 13.7. The highest BCUT2D eigenvalue weighted by Crippen LogP contribution is 2.34. The van der Waals surface area contributed by atoms with E-state index in [1.165, 1.54) is 11.3 Å². The van der Waals surface area contributed by atoms with Gasteiger partial charge in [0.2, 0.25) is 5.13 Å². The van der Waals surface area contributed by atoms with Crippen molar-refractivity contribution in [3.8, 4) is 28.7 Å². The lowest BCUT2D eigenvalue weighted by atomic mass is 9.82. The summed E-state index contributed by atoms with van der Waals surface area (Å²) in [5.41, 5.74) is 2.25. The molecule has 2 fully saturated rings. The maximum atomic E-state index is 13.7. The fraction of sp³-hybridized carbons (Fsp3) is 0.429. The predicted molar refractivity (Wildman–Crippen MR) is 308 cm³/mol. The second kappa shape index (κ2) is 32.4. The van der Waals surface area contributed by atoms with Crippen LogP contribution in [0.1, 0.15) is 114 Å². The van der Waals surface area contributed by atoms with Crippen molar-refractivity contribution in [1.82, 2.24) is 4.98 Å². The number of ether oxygens (including phenoxy) is 8. The van der Waals surface area contributed by atoms with Gasteiger partial charge in [-0.05, 0) is 181 Å². The Bertz CT molecular complexity index is 2870. The smallest absolute Gasteiger partial charge is 0.330 e. The minimum Gasteiger partial charge on any atom is -0.494 e. The molecule has 0 N–H and O–H groups in total. The number of anilines is 1. The normalized spacial score (nSPS) is 16.9. The Morgan fingerprint density at radius 2 is 1.00 bits per heavy atom. The molecule has 2 aliphatic carbocycles. The molecule has 1 heterocycles. The fourth-order valence-electron chi connectivity index (χ4n) is 9.42. The highest BCUT2D eigenvalue weighted by atomic mass is 32.1. The molecule has 1 aromatic heterocycles. The van der Waals surface area contributed by atoms with E-state index in [2.05, 4.69) is 18.3 Å². The number of esters is 6. The quantitative estimate of drug-likeness (QED) is 0.00769. The van der Waals surface area contributed by atoms with Crippen molar-refractivity contribution in [2.45, 2.75) is 109 Å². The number of carbonyl (C=O) groups excluding carboxylic acids is 6. The van der Waals surface area contributed by atoms with Crippen LogP contribution in [0.3, 0.4) is 0 Å². The lowest BCUT2D eigenvalue weighted by molar-refractivity contribution is -0.152. The lowest BCUT2D eigenvalue weighted by Gasteiger charge is -2.26. The van der Waals surface area contributed by atoms with Gasteiger partial charge in [0, 0.05) is 31.2 Å². The first-order valence-electron chi connectivity index (χ1n) is 28.1. The van der Waals surface area contributed by atoms with Crippen LogP contribution in [0.4, 0.5) is 5.13 Å². The molecule has 0 saturated heterocycles. The van der Waals surface area contributed by atoms with Crippen molar-refractivity contribution in [3.63, 3.8) is 0 Å². The van der Waals surface area contributed by atoms with E-state index in [1.807, 2.05) is 36.4 Å². The molecular formula is C63H73N3O14S. The predicted octanol–water partition coefficient (Wildman–Crippen LogP) is 11.9. The molecule has 17 nitrogen and oxygen atoms in total. The second-order valence-electron chi connectivity index (χ2n) is 20.1. The topological polar surface area (TPSA) is 205 Å². The third-order valence-corrected chi connectivity index (χ3v) is 15.3. The SMILES string of the molecule is C=CC(=O)OCCCCCCOc1ccc(OC(=O)C2CCC(C(=O)OCCc3ccc(OC(=O)C4CCC(C(=O)Oc5ccc(OCCCCCCOC(=O)C=C)cc5)CC4)c(/C=N/N(C)c4nc5ccccc5s4)c3)CC2)cc1. The summed E-state index contributed by atoms with van der Waals surface area (Å²) in [6.45, 7) is 8.73. The number of thiazole rings is 1. The van der Waals surface area contributed by atoms with Gasteiger partial charge < -0.3 is 37.9 Å². The van der Waals surface area contributed by atoms with Crippen LogP contribution in [0, 0.1) is 23.7 Å². The van der Waals surface area contributed by atoms with Crippen LogP contribution >= 0.6 is 11.3 Å². The number of aromatic nitrogens is 1. The van der Waals surface area contributed by atoms with Gasteiger partial charge >= 0.3 is 35.8 Å². The highest BCUT2D eigenvalue weighted by Gasteiger charge is 2.34. The summed E-state index contributed by atoms with van der Waals surface area (Å²) in [5, 5.41) is 7.03. The maximum Gasteiger partial charge on any atom is 0.330 e. The van der Waals surface area contributed by atoms with Gasteiger partial charge in [-0.25, -0.2) is 19.6 Å². The number of para-hydroxylation sites is 1. The number of fused-ring (bicyclic) bond motifs is 1.